The maximum atomic E-state index is 12.7. The first kappa shape index (κ1) is 22.8. The lowest BCUT2D eigenvalue weighted by Crippen LogP contribution is -2.39. The van der Waals surface area contributed by atoms with Crippen molar-refractivity contribution in [1.29, 1.82) is 0 Å². The van der Waals surface area contributed by atoms with Gasteiger partial charge in [0.05, 0.1) is 27.5 Å². The van der Waals surface area contributed by atoms with Gasteiger partial charge >= 0.3 is 6.18 Å². The van der Waals surface area contributed by atoms with E-state index in [0.29, 0.717) is 29.0 Å². The van der Waals surface area contributed by atoms with Crippen LogP contribution in [0.15, 0.2) is 18.2 Å². The molecule has 1 fully saturated rings. The molecule has 5 nitrogen and oxygen atoms in total. The third-order valence-electron chi connectivity index (χ3n) is 4.85. The lowest BCUT2D eigenvalue weighted by atomic mass is 9.97. The van der Waals surface area contributed by atoms with Gasteiger partial charge < -0.3 is 15.2 Å². The van der Waals surface area contributed by atoms with Crippen molar-refractivity contribution in [3.8, 4) is 5.75 Å². The van der Waals surface area contributed by atoms with Gasteiger partial charge in [-0.2, -0.15) is 13.2 Å². The van der Waals surface area contributed by atoms with Gasteiger partial charge in [-0.15, -0.1) is 11.3 Å². The number of carbonyl (C=O) groups is 1. The number of aliphatic hydroxyl groups is 1. The number of ether oxygens (including phenoxy) is 1. The Labute approximate surface area is 181 Å². The predicted octanol–water partition coefficient (Wildman–Crippen LogP) is 4.76. The van der Waals surface area contributed by atoms with Gasteiger partial charge in [-0.3, -0.25) is 4.79 Å². The number of alkyl halides is 3. The third kappa shape index (κ3) is 5.44. The Morgan fingerprint density at radius 1 is 1.33 bits per heavy atom. The van der Waals surface area contributed by atoms with Gasteiger partial charge in [-0.25, -0.2) is 4.98 Å². The molecule has 1 amide bonds. The van der Waals surface area contributed by atoms with Crippen molar-refractivity contribution < 1.29 is 27.8 Å². The number of rotatable bonds is 7. The Kier molecular flexibility index (Phi) is 6.10. The highest BCUT2D eigenvalue weighted by Crippen LogP contribution is 2.47. The summed E-state index contributed by atoms with van der Waals surface area (Å²) in [4.78, 5) is 17.6. The molecule has 0 saturated heterocycles. The molecule has 1 saturated carbocycles. The fourth-order valence-electron chi connectivity index (χ4n) is 3.43. The predicted molar refractivity (Wildman–Crippen MR) is 108 cm³/mol. The SMILES string of the molecule is Cc1nc(C)c([C@@](C)(O)CC(=O)NC2(c3cc(Cl)cc(OCC(F)(F)F)c3)CC2)s1. The molecule has 0 bridgehead atoms. The second-order valence-corrected chi connectivity index (χ2v) is 9.45. The van der Waals surface area contributed by atoms with Gasteiger partial charge in [0.2, 0.25) is 5.91 Å². The molecule has 3 rings (SSSR count). The number of nitrogens with one attached hydrogen (secondary N) is 1. The standard InChI is InChI=1S/C20H22ClF3N2O3S/c1-11-17(30-12(2)25-11)18(3,28)9-16(27)26-19(4-5-19)13-6-14(21)8-15(7-13)29-10-20(22,23)24/h6-8,28H,4-5,9-10H2,1-3H3,(H,26,27)/t18-/m0/s1. The summed E-state index contributed by atoms with van der Waals surface area (Å²) in [5, 5.41) is 14.8. The number of hydrogen-bond donors (Lipinski definition) is 2. The van der Waals surface area contributed by atoms with E-state index in [9.17, 15) is 23.1 Å². The number of halogens is 4. The van der Waals surface area contributed by atoms with E-state index >= 15 is 0 Å². The van der Waals surface area contributed by atoms with Crippen LogP contribution in [0.4, 0.5) is 13.2 Å². The highest BCUT2D eigenvalue weighted by atomic mass is 35.5. The summed E-state index contributed by atoms with van der Waals surface area (Å²) in [6, 6.07) is 4.36. The zero-order chi connectivity index (χ0) is 22.3. The largest absolute Gasteiger partial charge is 0.484 e. The number of amides is 1. The van der Waals surface area contributed by atoms with E-state index in [1.54, 1.807) is 19.9 Å². The normalized spacial score (nSPS) is 17.3. The minimum Gasteiger partial charge on any atom is -0.484 e. The van der Waals surface area contributed by atoms with Crippen molar-refractivity contribution in [2.45, 2.75) is 57.3 Å². The molecule has 0 radical (unpaired) electrons. The van der Waals surface area contributed by atoms with Gasteiger partial charge in [0.1, 0.15) is 11.4 Å². The van der Waals surface area contributed by atoms with E-state index in [-0.39, 0.29) is 23.1 Å². The first-order chi connectivity index (χ1) is 13.8. The highest BCUT2D eigenvalue weighted by molar-refractivity contribution is 7.11. The third-order valence-corrected chi connectivity index (χ3v) is 6.40. The monoisotopic (exact) mass is 462 g/mol. The minimum atomic E-state index is -4.47. The molecular formula is C20H22ClF3N2O3S. The summed E-state index contributed by atoms with van der Waals surface area (Å²) < 4.78 is 42.1. The molecule has 1 aliphatic carbocycles. The Bertz CT molecular complexity index is 955. The molecule has 1 heterocycles. The van der Waals surface area contributed by atoms with Gasteiger partial charge in [-0.1, -0.05) is 11.6 Å². The first-order valence-corrected chi connectivity index (χ1v) is 10.5. The molecule has 1 aromatic heterocycles. The van der Waals surface area contributed by atoms with Crippen molar-refractivity contribution >= 4 is 28.8 Å². The second kappa shape index (κ2) is 8.01. The summed E-state index contributed by atoms with van der Waals surface area (Å²) in [7, 11) is 0. The summed E-state index contributed by atoms with van der Waals surface area (Å²) in [6.45, 7) is 3.74. The van der Waals surface area contributed by atoms with E-state index in [0.717, 1.165) is 5.01 Å². The van der Waals surface area contributed by atoms with Crippen molar-refractivity contribution in [1.82, 2.24) is 10.3 Å². The summed E-state index contributed by atoms with van der Waals surface area (Å²) >= 11 is 7.39. The lowest BCUT2D eigenvalue weighted by molar-refractivity contribution is -0.153. The zero-order valence-corrected chi connectivity index (χ0v) is 18.3. The van der Waals surface area contributed by atoms with Crippen molar-refractivity contribution in [3.05, 3.63) is 44.4 Å². The minimum absolute atomic E-state index is 0.0156. The van der Waals surface area contributed by atoms with Gasteiger partial charge in [0.25, 0.3) is 0 Å². The van der Waals surface area contributed by atoms with Crippen molar-refractivity contribution in [3.63, 3.8) is 0 Å². The molecule has 164 valence electrons. The lowest BCUT2D eigenvalue weighted by Gasteiger charge is -2.25. The summed E-state index contributed by atoms with van der Waals surface area (Å²) in [6.07, 6.45) is -3.42. The molecule has 0 unspecified atom stereocenters. The van der Waals surface area contributed by atoms with Gasteiger partial charge in [0.15, 0.2) is 6.61 Å². The fourth-order valence-corrected chi connectivity index (χ4v) is 4.62. The second-order valence-electron chi connectivity index (χ2n) is 7.81. The molecule has 1 atom stereocenters. The van der Waals surface area contributed by atoms with E-state index in [1.807, 2.05) is 6.92 Å². The molecule has 10 heteroatoms. The average Bonchev–Trinajstić information content (AvgIpc) is 3.28. The molecule has 1 aromatic carbocycles. The number of carbonyl (C=O) groups excluding carboxylic acids is 1. The van der Waals surface area contributed by atoms with Crippen LogP contribution in [-0.4, -0.2) is 28.8 Å². The van der Waals surface area contributed by atoms with Crippen LogP contribution in [0.2, 0.25) is 5.02 Å². The Morgan fingerprint density at radius 2 is 2.00 bits per heavy atom. The molecule has 2 N–H and O–H groups in total. The van der Waals surface area contributed by atoms with E-state index in [1.165, 1.54) is 23.5 Å². The number of benzene rings is 1. The van der Waals surface area contributed by atoms with Crippen LogP contribution in [-0.2, 0) is 15.9 Å². The van der Waals surface area contributed by atoms with E-state index in [4.69, 9.17) is 16.3 Å². The number of hydrogen-bond acceptors (Lipinski definition) is 5. The Balaban J connectivity index is 1.73. The van der Waals surface area contributed by atoms with Crippen molar-refractivity contribution in [2.24, 2.45) is 0 Å². The van der Waals surface area contributed by atoms with Crippen LogP contribution < -0.4 is 10.1 Å². The maximum absolute atomic E-state index is 12.7. The maximum Gasteiger partial charge on any atom is 0.422 e. The Hall–Kier alpha value is -1.84. The van der Waals surface area contributed by atoms with Crippen LogP contribution in [0, 0.1) is 13.8 Å². The van der Waals surface area contributed by atoms with Crippen LogP contribution in [0.5, 0.6) is 5.75 Å². The quantitative estimate of drug-likeness (QED) is 0.622. The molecule has 2 aromatic rings. The van der Waals surface area contributed by atoms with Crippen LogP contribution >= 0.6 is 22.9 Å². The van der Waals surface area contributed by atoms with Crippen LogP contribution in [0.1, 0.15) is 47.3 Å². The van der Waals surface area contributed by atoms with Crippen LogP contribution in [0.25, 0.3) is 0 Å². The molecule has 1 aliphatic rings. The summed E-state index contributed by atoms with van der Waals surface area (Å²) in [5.41, 5.74) is -0.860. The molecule has 0 spiro atoms. The highest BCUT2D eigenvalue weighted by Gasteiger charge is 2.47. The topological polar surface area (TPSA) is 71.5 Å². The summed E-state index contributed by atoms with van der Waals surface area (Å²) in [5.74, 6) is -0.390. The molecule has 0 aliphatic heterocycles. The smallest absolute Gasteiger partial charge is 0.422 e. The molecular weight excluding hydrogens is 441 g/mol. The number of thiazole rings is 1. The van der Waals surface area contributed by atoms with Gasteiger partial charge in [-0.05, 0) is 57.4 Å². The first-order valence-electron chi connectivity index (χ1n) is 9.28. The number of aromatic nitrogens is 1. The van der Waals surface area contributed by atoms with E-state index < -0.39 is 23.9 Å². The zero-order valence-electron chi connectivity index (χ0n) is 16.7. The van der Waals surface area contributed by atoms with E-state index in [2.05, 4.69) is 10.3 Å². The van der Waals surface area contributed by atoms with Gasteiger partial charge in [0, 0.05) is 5.02 Å². The molecule has 30 heavy (non-hydrogen) atoms. The van der Waals surface area contributed by atoms with Crippen molar-refractivity contribution in [2.75, 3.05) is 6.61 Å². The number of nitrogens with zero attached hydrogens (tertiary/aromatic N) is 1. The Morgan fingerprint density at radius 3 is 2.53 bits per heavy atom. The van der Waals surface area contributed by atoms with Crippen LogP contribution in [0.3, 0.4) is 0 Å². The average molecular weight is 463 g/mol. The fraction of sp³-hybridized carbons (Fsp3) is 0.500. The number of aryl methyl sites for hydroxylation is 2.